The van der Waals surface area contributed by atoms with Crippen LogP contribution < -0.4 is 14.2 Å². The van der Waals surface area contributed by atoms with Crippen LogP contribution in [-0.2, 0) is 24.3 Å². The number of fused-ring (bicyclic) bond motifs is 3. The van der Waals surface area contributed by atoms with Gasteiger partial charge >= 0.3 is 11.9 Å². The SMILES string of the molecule is C=C(Cl)/C(C[C@H](OC(=O)c1cccc(S(=O)(=O)NC(C(=O)O[C@H]2CN3CCC2CC3)c2ccccc2)c1)c1ccc(OC)c(OC)c1)=C(\C)Cl. The number of rotatable bonds is 14. The molecule has 0 amide bonds. The van der Waals surface area contributed by atoms with E-state index < -0.39 is 34.1 Å². The Hall–Kier alpha value is -3.87. The highest BCUT2D eigenvalue weighted by atomic mass is 35.5. The molecule has 3 atom stereocenters. The first-order chi connectivity index (χ1) is 23.9. The number of allylic oxidation sites excluding steroid dienone is 2. The molecular formula is C37H40Cl2N2O8S. The molecule has 13 heteroatoms. The first-order valence-corrected chi connectivity index (χ1v) is 18.4. The monoisotopic (exact) mass is 742 g/mol. The third-order valence-corrected chi connectivity index (χ3v) is 10.9. The lowest BCUT2D eigenvalue weighted by Crippen LogP contribution is -2.52. The van der Waals surface area contributed by atoms with Crippen LogP contribution in [0.3, 0.4) is 0 Å². The highest BCUT2D eigenvalue weighted by Gasteiger charge is 2.39. The number of hydrogen-bond donors (Lipinski definition) is 1. The Morgan fingerprint density at radius 3 is 2.24 bits per heavy atom. The van der Waals surface area contributed by atoms with E-state index in [-0.39, 0.29) is 33.9 Å². The molecule has 3 aromatic rings. The van der Waals surface area contributed by atoms with Gasteiger partial charge in [0.1, 0.15) is 18.2 Å². The lowest BCUT2D eigenvalue weighted by atomic mass is 9.86. The summed E-state index contributed by atoms with van der Waals surface area (Å²) in [6.07, 6.45) is 0.687. The van der Waals surface area contributed by atoms with Gasteiger partial charge in [0.2, 0.25) is 10.0 Å². The Bertz CT molecular complexity index is 1860. The number of halogens is 2. The third kappa shape index (κ3) is 8.88. The van der Waals surface area contributed by atoms with Gasteiger partial charge in [0.25, 0.3) is 0 Å². The number of methoxy groups -OCH3 is 2. The van der Waals surface area contributed by atoms with Gasteiger partial charge in [-0.3, -0.25) is 4.90 Å². The van der Waals surface area contributed by atoms with Crippen molar-refractivity contribution in [3.05, 3.63) is 112 Å². The molecule has 3 fully saturated rings. The minimum atomic E-state index is -4.35. The number of benzene rings is 3. The number of nitrogens with one attached hydrogen (secondary N) is 1. The van der Waals surface area contributed by atoms with E-state index in [4.69, 9.17) is 42.1 Å². The zero-order valence-corrected chi connectivity index (χ0v) is 30.4. The fourth-order valence-electron chi connectivity index (χ4n) is 6.27. The van der Waals surface area contributed by atoms with Crippen molar-refractivity contribution >= 4 is 45.2 Å². The van der Waals surface area contributed by atoms with Gasteiger partial charge in [-0.1, -0.05) is 72.2 Å². The first-order valence-electron chi connectivity index (χ1n) is 16.1. The summed E-state index contributed by atoms with van der Waals surface area (Å²) in [7, 11) is -1.37. The van der Waals surface area contributed by atoms with Crippen molar-refractivity contribution in [3.63, 3.8) is 0 Å². The van der Waals surface area contributed by atoms with Crippen molar-refractivity contribution in [2.75, 3.05) is 33.9 Å². The Kier molecular flexibility index (Phi) is 12.3. The molecule has 3 saturated heterocycles. The summed E-state index contributed by atoms with van der Waals surface area (Å²) >= 11 is 12.6. The zero-order chi connectivity index (χ0) is 36.0. The second-order valence-electron chi connectivity index (χ2n) is 12.2. The third-order valence-electron chi connectivity index (χ3n) is 9.05. The van der Waals surface area contributed by atoms with E-state index in [1.54, 1.807) is 55.5 Å². The fourth-order valence-corrected chi connectivity index (χ4v) is 7.95. The number of esters is 2. The van der Waals surface area contributed by atoms with Crippen LogP contribution in [0.15, 0.2) is 99.9 Å². The molecule has 3 aromatic carbocycles. The summed E-state index contributed by atoms with van der Waals surface area (Å²) in [6, 6.07) is 17.7. The standard InChI is InChI=1S/C37H40Cl2N2O8S/c1-23(38)30(24(2)39)21-32(27-13-14-31(46-3)33(20-27)47-4)48-36(42)28-11-8-12-29(19-28)50(44,45)40-35(26-9-6-5-7-10-26)37(43)49-34-22-41-17-15-25(34)16-18-41/h5-14,19-20,25,32,34-35,40H,1,15-18,21-22H2,2-4H3/b30-24+/t32-,34-,35?/m0/s1. The molecule has 3 aliphatic rings. The van der Waals surface area contributed by atoms with Gasteiger partial charge in [-0.2, -0.15) is 4.72 Å². The Labute approximate surface area is 303 Å². The number of piperidine rings is 3. The molecule has 0 radical (unpaired) electrons. The van der Waals surface area contributed by atoms with Gasteiger partial charge in [-0.05, 0) is 85.8 Å². The maximum atomic E-state index is 13.8. The molecule has 10 nitrogen and oxygen atoms in total. The van der Waals surface area contributed by atoms with Crippen molar-refractivity contribution in [2.24, 2.45) is 5.92 Å². The van der Waals surface area contributed by atoms with E-state index in [0.717, 1.165) is 25.9 Å². The van der Waals surface area contributed by atoms with E-state index in [0.29, 0.717) is 39.8 Å². The molecule has 0 aromatic heterocycles. The van der Waals surface area contributed by atoms with Crippen LogP contribution in [0.25, 0.3) is 0 Å². The summed E-state index contributed by atoms with van der Waals surface area (Å²) in [6.45, 7) is 7.99. The number of sulfonamides is 1. The molecule has 2 bridgehead atoms. The van der Waals surface area contributed by atoms with Crippen LogP contribution in [0.2, 0.25) is 0 Å². The van der Waals surface area contributed by atoms with Gasteiger partial charge in [0.05, 0.1) is 24.7 Å². The predicted molar refractivity (Wildman–Crippen MR) is 191 cm³/mol. The van der Waals surface area contributed by atoms with Gasteiger partial charge in [0, 0.05) is 23.0 Å². The summed E-state index contributed by atoms with van der Waals surface area (Å²) in [4.78, 5) is 29.3. The normalized spacial score (nSPS) is 20.2. The first kappa shape index (κ1) is 37.4. The minimum Gasteiger partial charge on any atom is -0.493 e. The van der Waals surface area contributed by atoms with Gasteiger partial charge in [-0.25, -0.2) is 18.0 Å². The molecule has 6 rings (SSSR count). The molecular weight excluding hydrogens is 703 g/mol. The van der Waals surface area contributed by atoms with E-state index in [2.05, 4.69) is 16.2 Å². The lowest BCUT2D eigenvalue weighted by Gasteiger charge is -2.44. The van der Waals surface area contributed by atoms with Crippen LogP contribution in [0.5, 0.6) is 11.5 Å². The summed E-state index contributed by atoms with van der Waals surface area (Å²) in [5, 5.41) is 0.545. The average Bonchev–Trinajstić information content (AvgIpc) is 3.12. The second kappa shape index (κ2) is 16.4. The van der Waals surface area contributed by atoms with Crippen molar-refractivity contribution in [3.8, 4) is 11.5 Å². The van der Waals surface area contributed by atoms with Gasteiger partial charge in [0.15, 0.2) is 11.5 Å². The number of hydrogen-bond acceptors (Lipinski definition) is 9. The molecule has 50 heavy (non-hydrogen) atoms. The van der Waals surface area contributed by atoms with Crippen molar-refractivity contribution < 1.29 is 37.0 Å². The molecule has 3 heterocycles. The smallest absolute Gasteiger partial charge is 0.338 e. The average molecular weight is 744 g/mol. The summed E-state index contributed by atoms with van der Waals surface area (Å²) in [5.41, 5.74) is 1.40. The maximum Gasteiger partial charge on any atom is 0.338 e. The summed E-state index contributed by atoms with van der Waals surface area (Å²) in [5.74, 6) is -0.381. The second-order valence-corrected chi connectivity index (χ2v) is 15.0. The zero-order valence-electron chi connectivity index (χ0n) is 28.1. The Balaban J connectivity index is 1.40. The van der Waals surface area contributed by atoms with Crippen LogP contribution in [-0.4, -0.2) is 65.2 Å². The highest BCUT2D eigenvalue weighted by molar-refractivity contribution is 7.89. The van der Waals surface area contributed by atoms with Crippen LogP contribution in [0, 0.1) is 5.92 Å². The van der Waals surface area contributed by atoms with Crippen LogP contribution >= 0.6 is 23.2 Å². The quantitative estimate of drug-likeness (QED) is 0.139. The van der Waals surface area contributed by atoms with Crippen LogP contribution in [0.4, 0.5) is 0 Å². The van der Waals surface area contributed by atoms with E-state index in [1.165, 1.54) is 38.5 Å². The van der Waals surface area contributed by atoms with E-state index in [1.807, 2.05) is 0 Å². The Morgan fingerprint density at radius 2 is 1.64 bits per heavy atom. The minimum absolute atomic E-state index is 0.0395. The van der Waals surface area contributed by atoms with E-state index in [9.17, 15) is 18.0 Å². The Morgan fingerprint density at radius 1 is 0.940 bits per heavy atom. The van der Waals surface area contributed by atoms with Gasteiger partial charge < -0.3 is 18.9 Å². The number of carbonyl (C=O) groups excluding carboxylic acids is 2. The molecule has 1 N–H and O–H groups in total. The lowest BCUT2D eigenvalue weighted by molar-refractivity contribution is -0.161. The topological polar surface area (TPSA) is 120 Å². The molecule has 266 valence electrons. The molecule has 3 aliphatic heterocycles. The van der Waals surface area contributed by atoms with E-state index >= 15 is 0 Å². The van der Waals surface area contributed by atoms with Crippen molar-refractivity contribution in [2.45, 2.75) is 49.3 Å². The van der Waals surface area contributed by atoms with Crippen molar-refractivity contribution in [1.82, 2.24) is 9.62 Å². The largest absolute Gasteiger partial charge is 0.493 e. The van der Waals surface area contributed by atoms with Gasteiger partial charge in [-0.15, -0.1) is 0 Å². The fraction of sp³-hybridized carbons (Fsp3) is 0.351. The van der Waals surface area contributed by atoms with Crippen molar-refractivity contribution in [1.29, 1.82) is 0 Å². The number of nitrogens with zero attached hydrogens (tertiary/aromatic N) is 1. The predicted octanol–water partition coefficient (Wildman–Crippen LogP) is 6.91. The molecule has 0 saturated carbocycles. The molecule has 0 aliphatic carbocycles. The highest BCUT2D eigenvalue weighted by Crippen LogP contribution is 2.37. The maximum absolute atomic E-state index is 13.8. The van der Waals surface area contributed by atoms with Crippen LogP contribution in [0.1, 0.15) is 59.8 Å². The molecule has 0 spiro atoms. The summed E-state index contributed by atoms with van der Waals surface area (Å²) < 4.78 is 52.9. The number of carbonyl (C=O) groups is 2. The number of ether oxygens (including phenoxy) is 4. The molecule has 1 unspecified atom stereocenters.